The molecule has 0 fully saturated rings. The van der Waals surface area contributed by atoms with Crippen molar-refractivity contribution in [1.29, 1.82) is 0 Å². The van der Waals surface area contributed by atoms with Crippen molar-refractivity contribution in [2.24, 2.45) is 0 Å². The summed E-state index contributed by atoms with van der Waals surface area (Å²) in [5.74, 6) is -1.50. The molecule has 12 heavy (non-hydrogen) atoms. The Morgan fingerprint density at radius 1 is 1.75 bits per heavy atom. The lowest BCUT2D eigenvalue weighted by Crippen LogP contribution is -2.29. The minimum atomic E-state index is -3.57. The summed E-state index contributed by atoms with van der Waals surface area (Å²) in [5, 5.41) is 6.54. The molecule has 0 aliphatic carbocycles. The van der Waals surface area contributed by atoms with E-state index in [-0.39, 0.29) is 5.75 Å². The van der Waals surface area contributed by atoms with Gasteiger partial charge in [0.1, 0.15) is 0 Å². The van der Waals surface area contributed by atoms with Gasteiger partial charge in [0.05, 0.1) is 5.75 Å². The van der Waals surface area contributed by atoms with Gasteiger partial charge in [-0.05, 0) is 6.92 Å². The maximum atomic E-state index is 11.0. The zero-order chi connectivity index (χ0) is 9.78. The van der Waals surface area contributed by atoms with Crippen molar-refractivity contribution in [3.8, 4) is 0 Å². The largest absolute Gasteiger partial charge is 0.359 e. The lowest BCUT2D eigenvalue weighted by atomic mass is 10.5. The minimum Gasteiger partial charge on any atom is -0.300 e. The molecule has 0 aliphatic rings. The molecule has 1 N–H and O–H groups in total. The molecule has 1 unspecified atom stereocenters. The van der Waals surface area contributed by atoms with E-state index in [1.807, 2.05) is 0 Å². The van der Waals surface area contributed by atoms with Crippen molar-refractivity contribution < 1.29 is 23.4 Å². The Morgan fingerprint density at radius 3 is 2.58 bits per heavy atom. The third-order valence-corrected chi connectivity index (χ3v) is 3.28. The van der Waals surface area contributed by atoms with Crippen LogP contribution in [-0.2, 0) is 19.5 Å². The summed E-state index contributed by atoms with van der Waals surface area (Å²) in [5.41, 5.74) is 0. The Hall–Kier alpha value is -0.880. The van der Waals surface area contributed by atoms with Crippen LogP contribution in [-0.4, -0.2) is 30.6 Å². The molecule has 0 rings (SSSR count). The molecule has 0 aromatic carbocycles. The molecule has 1 atom stereocenters. The highest BCUT2D eigenvalue weighted by molar-refractivity contribution is 7.92. The third-order valence-electron chi connectivity index (χ3n) is 1.31. The highest BCUT2D eigenvalue weighted by atomic mass is 32.2. The van der Waals surface area contributed by atoms with Crippen LogP contribution in [0.3, 0.4) is 0 Å². The van der Waals surface area contributed by atoms with Gasteiger partial charge in [-0.3, -0.25) is 4.89 Å². The maximum Gasteiger partial charge on any atom is 0.359 e. The fraction of sp³-hybridized carbons (Fsp3) is 0.500. The SMILES string of the molecule is C=CCS(=O)(=O)C(C)C(=O)OO. The van der Waals surface area contributed by atoms with Crippen molar-refractivity contribution in [3.05, 3.63) is 12.7 Å². The van der Waals surface area contributed by atoms with Crippen molar-refractivity contribution in [1.82, 2.24) is 0 Å². The molecule has 6 heteroatoms. The van der Waals surface area contributed by atoms with Gasteiger partial charge >= 0.3 is 5.97 Å². The summed E-state index contributed by atoms with van der Waals surface area (Å²) in [6.07, 6.45) is 1.16. The van der Waals surface area contributed by atoms with E-state index in [2.05, 4.69) is 11.5 Å². The lowest BCUT2D eigenvalue weighted by molar-refractivity contribution is -0.233. The number of rotatable bonds is 4. The third kappa shape index (κ3) is 2.63. The van der Waals surface area contributed by atoms with Gasteiger partial charge in [0.2, 0.25) is 0 Å². The van der Waals surface area contributed by atoms with Gasteiger partial charge in [-0.25, -0.2) is 13.2 Å². The molecule has 0 saturated carbocycles. The Labute approximate surface area is 70.5 Å². The topological polar surface area (TPSA) is 80.7 Å². The van der Waals surface area contributed by atoms with Crippen molar-refractivity contribution in [2.45, 2.75) is 12.2 Å². The molecule has 5 nitrogen and oxygen atoms in total. The van der Waals surface area contributed by atoms with Crippen LogP contribution in [0.25, 0.3) is 0 Å². The molecular formula is C6H10O5S. The van der Waals surface area contributed by atoms with Crippen molar-refractivity contribution in [3.63, 3.8) is 0 Å². The first kappa shape index (κ1) is 11.1. The highest BCUT2D eigenvalue weighted by Gasteiger charge is 2.28. The van der Waals surface area contributed by atoms with Gasteiger partial charge in [-0.15, -0.1) is 6.58 Å². The van der Waals surface area contributed by atoms with Crippen LogP contribution in [0.1, 0.15) is 6.92 Å². The van der Waals surface area contributed by atoms with Crippen molar-refractivity contribution in [2.75, 3.05) is 5.75 Å². The first-order chi connectivity index (χ1) is 5.45. The van der Waals surface area contributed by atoms with E-state index in [9.17, 15) is 13.2 Å². The highest BCUT2D eigenvalue weighted by Crippen LogP contribution is 2.03. The van der Waals surface area contributed by atoms with Crippen LogP contribution >= 0.6 is 0 Å². The second-order valence-electron chi connectivity index (χ2n) is 2.17. The quantitative estimate of drug-likeness (QED) is 0.387. The zero-order valence-electron chi connectivity index (χ0n) is 6.56. The van der Waals surface area contributed by atoms with E-state index in [4.69, 9.17) is 5.26 Å². The van der Waals surface area contributed by atoms with Gasteiger partial charge in [0.25, 0.3) is 0 Å². The summed E-state index contributed by atoms with van der Waals surface area (Å²) in [7, 11) is -3.57. The molecule has 70 valence electrons. The number of carbonyl (C=O) groups is 1. The number of sulfone groups is 1. The molecule has 0 amide bonds. The number of hydrogen-bond acceptors (Lipinski definition) is 5. The predicted octanol–water partition coefficient (Wildman–Crippen LogP) is -0.00810. The van der Waals surface area contributed by atoms with Crippen LogP contribution in [0.15, 0.2) is 12.7 Å². The van der Waals surface area contributed by atoms with E-state index in [1.165, 1.54) is 0 Å². The van der Waals surface area contributed by atoms with Crippen LogP contribution in [0.2, 0.25) is 0 Å². The Bertz CT molecular complexity index is 266. The molecule has 0 radical (unpaired) electrons. The minimum absolute atomic E-state index is 0.316. The van der Waals surface area contributed by atoms with Crippen LogP contribution in [0, 0.1) is 0 Å². The number of hydrogen-bond donors (Lipinski definition) is 1. The molecule has 0 spiro atoms. The fourth-order valence-corrected chi connectivity index (χ4v) is 1.48. The monoisotopic (exact) mass is 194 g/mol. The standard InChI is InChI=1S/C6H10O5S/c1-3-4-12(9,10)5(2)6(7)11-8/h3,5,8H,1,4H2,2H3. The molecular weight excluding hydrogens is 184 g/mol. The van der Waals surface area contributed by atoms with E-state index in [0.717, 1.165) is 13.0 Å². The Balaban J connectivity index is 4.57. The molecule has 0 aromatic heterocycles. The average molecular weight is 194 g/mol. The molecule has 0 aliphatic heterocycles. The van der Waals surface area contributed by atoms with Gasteiger partial charge in [0.15, 0.2) is 15.1 Å². The Kier molecular flexibility index (Phi) is 3.91. The van der Waals surface area contributed by atoms with E-state index in [0.29, 0.717) is 0 Å². The molecule has 0 heterocycles. The zero-order valence-corrected chi connectivity index (χ0v) is 7.37. The Morgan fingerprint density at radius 2 is 2.25 bits per heavy atom. The maximum absolute atomic E-state index is 11.0. The first-order valence-corrected chi connectivity index (χ1v) is 4.85. The van der Waals surface area contributed by atoms with Crippen molar-refractivity contribution >= 4 is 15.8 Å². The van der Waals surface area contributed by atoms with Gasteiger partial charge in [-0.2, -0.15) is 5.26 Å². The second-order valence-corrected chi connectivity index (χ2v) is 4.54. The van der Waals surface area contributed by atoms with E-state index >= 15 is 0 Å². The summed E-state index contributed by atoms with van der Waals surface area (Å²) in [6, 6.07) is 0. The van der Waals surface area contributed by atoms with Gasteiger partial charge < -0.3 is 0 Å². The summed E-state index contributed by atoms with van der Waals surface area (Å²) >= 11 is 0. The van der Waals surface area contributed by atoms with Gasteiger partial charge in [0, 0.05) is 0 Å². The molecule has 0 saturated heterocycles. The van der Waals surface area contributed by atoms with Crippen LogP contribution in [0.5, 0.6) is 0 Å². The molecule has 0 bridgehead atoms. The summed E-state index contributed by atoms with van der Waals surface area (Å²) in [6.45, 7) is 4.36. The molecule has 0 aromatic rings. The summed E-state index contributed by atoms with van der Waals surface area (Å²) < 4.78 is 22.1. The van der Waals surface area contributed by atoms with E-state index in [1.54, 1.807) is 0 Å². The second kappa shape index (κ2) is 4.22. The smallest absolute Gasteiger partial charge is 0.300 e. The fourth-order valence-electron chi connectivity index (χ4n) is 0.529. The van der Waals surface area contributed by atoms with Gasteiger partial charge in [-0.1, -0.05) is 6.08 Å². The van der Waals surface area contributed by atoms with Crippen LogP contribution < -0.4 is 0 Å². The van der Waals surface area contributed by atoms with E-state index < -0.39 is 21.1 Å². The average Bonchev–Trinajstić information content (AvgIpc) is 2.01. The normalized spacial score (nSPS) is 13.5. The number of carbonyl (C=O) groups excluding carboxylic acids is 1. The summed E-state index contributed by atoms with van der Waals surface area (Å²) in [4.78, 5) is 13.8. The first-order valence-electron chi connectivity index (χ1n) is 3.13. The lowest BCUT2D eigenvalue weighted by Gasteiger charge is -2.06. The van der Waals surface area contributed by atoms with Crippen LogP contribution in [0.4, 0.5) is 0 Å². The predicted molar refractivity (Wildman–Crippen MR) is 42.2 cm³/mol.